The van der Waals surface area contributed by atoms with Gasteiger partial charge in [0.25, 0.3) is 0 Å². The number of benzene rings is 2. The molecule has 0 bridgehead atoms. The lowest BCUT2D eigenvalue weighted by Crippen LogP contribution is -2.52. The Bertz CT molecular complexity index is 1090. The second kappa shape index (κ2) is 9.36. The van der Waals surface area contributed by atoms with Crippen molar-refractivity contribution < 1.29 is 24.2 Å². The molecule has 184 valence electrons. The van der Waals surface area contributed by atoms with Gasteiger partial charge in [0.15, 0.2) is 0 Å². The van der Waals surface area contributed by atoms with Crippen molar-refractivity contribution in [2.24, 2.45) is 11.3 Å². The van der Waals surface area contributed by atoms with Crippen molar-refractivity contribution in [1.29, 1.82) is 0 Å². The van der Waals surface area contributed by atoms with Gasteiger partial charge in [0, 0.05) is 19.0 Å². The van der Waals surface area contributed by atoms with Gasteiger partial charge in [-0.05, 0) is 47.4 Å². The summed E-state index contributed by atoms with van der Waals surface area (Å²) in [5.74, 6) is -1.21. The number of nitrogens with zero attached hydrogens (tertiary/aromatic N) is 1. The van der Waals surface area contributed by atoms with E-state index >= 15 is 0 Å². The Morgan fingerprint density at radius 2 is 1.63 bits per heavy atom. The van der Waals surface area contributed by atoms with Gasteiger partial charge in [-0.1, -0.05) is 68.3 Å². The number of alkyl carbamates (subject to hydrolysis) is 1. The number of ether oxygens (including phenoxy) is 1. The van der Waals surface area contributed by atoms with E-state index in [1.54, 1.807) is 0 Å². The molecule has 5 rings (SSSR count). The van der Waals surface area contributed by atoms with E-state index in [-0.39, 0.29) is 30.9 Å². The molecule has 2 aliphatic carbocycles. The van der Waals surface area contributed by atoms with Crippen molar-refractivity contribution in [3.63, 3.8) is 0 Å². The number of fused-ring (bicyclic) bond motifs is 3. The molecule has 2 fully saturated rings. The van der Waals surface area contributed by atoms with E-state index in [0.29, 0.717) is 25.8 Å². The highest BCUT2D eigenvalue weighted by molar-refractivity contribution is 5.89. The molecule has 0 spiro atoms. The van der Waals surface area contributed by atoms with Crippen molar-refractivity contribution in [2.75, 3.05) is 19.7 Å². The Kier molecular flexibility index (Phi) is 6.26. The summed E-state index contributed by atoms with van der Waals surface area (Å²) in [5, 5.41) is 12.5. The second-order valence-electron chi connectivity index (χ2n) is 10.2. The number of hydrogen-bond donors (Lipinski definition) is 2. The molecule has 7 nitrogen and oxygen atoms in total. The second-order valence-corrected chi connectivity index (χ2v) is 10.2. The van der Waals surface area contributed by atoms with Crippen molar-refractivity contribution in [3.8, 4) is 11.1 Å². The van der Waals surface area contributed by atoms with E-state index in [1.807, 2.05) is 31.2 Å². The molecule has 2 unspecified atom stereocenters. The van der Waals surface area contributed by atoms with Gasteiger partial charge in [-0.2, -0.15) is 0 Å². The standard InChI is InChI=1S/C28H32N2O5/c1-18-12-15-30(24(18)25(31)32)26(33)28(13-6-7-14-28)17-29-27(34)35-16-23-21-10-4-2-8-19(21)20-9-3-5-11-22(20)23/h2-5,8-11,18,23-24H,6-7,12-17H2,1H3,(H,29,34)(H,31,32). The first-order valence-corrected chi connectivity index (χ1v) is 12.5. The molecule has 2 aromatic carbocycles. The smallest absolute Gasteiger partial charge is 0.407 e. The number of aliphatic carboxylic acids is 1. The van der Waals surface area contributed by atoms with Crippen molar-refractivity contribution in [3.05, 3.63) is 59.7 Å². The molecule has 2 aromatic rings. The summed E-state index contributed by atoms with van der Waals surface area (Å²) in [7, 11) is 0. The van der Waals surface area contributed by atoms with Crippen LogP contribution in [0.4, 0.5) is 4.79 Å². The van der Waals surface area contributed by atoms with Crippen molar-refractivity contribution in [1.82, 2.24) is 10.2 Å². The first-order valence-electron chi connectivity index (χ1n) is 12.5. The van der Waals surface area contributed by atoms with Crippen LogP contribution in [0, 0.1) is 11.3 Å². The maximum Gasteiger partial charge on any atom is 0.407 e. The van der Waals surface area contributed by atoms with Gasteiger partial charge >= 0.3 is 12.1 Å². The van der Waals surface area contributed by atoms with Crippen LogP contribution in [-0.4, -0.2) is 53.7 Å². The molecule has 1 aliphatic heterocycles. The molecule has 0 radical (unpaired) electrons. The summed E-state index contributed by atoms with van der Waals surface area (Å²) in [6.45, 7) is 2.71. The number of carbonyl (C=O) groups is 3. The summed E-state index contributed by atoms with van der Waals surface area (Å²) in [4.78, 5) is 39.6. The van der Waals surface area contributed by atoms with Gasteiger partial charge in [-0.3, -0.25) is 4.79 Å². The molecule has 1 saturated heterocycles. The quantitative estimate of drug-likeness (QED) is 0.644. The van der Waals surface area contributed by atoms with E-state index in [1.165, 1.54) is 16.0 Å². The fourth-order valence-corrected chi connectivity index (χ4v) is 6.26. The monoisotopic (exact) mass is 476 g/mol. The van der Waals surface area contributed by atoms with E-state index in [2.05, 4.69) is 29.6 Å². The molecule has 2 atom stereocenters. The van der Waals surface area contributed by atoms with E-state index in [4.69, 9.17) is 4.74 Å². The highest BCUT2D eigenvalue weighted by atomic mass is 16.5. The van der Waals surface area contributed by atoms with E-state index in [9.17, 15) is 19.5 Å². The van der Waals surface area contributed by atoms with Gasteiger partial charge in [0.05, 0.1) is 5.41 Å². The third kappa shape index (κ3) is 4.17. The first-order chi connectivity index (χ1) is 16.9. The Hall–Kier alpha value is -3.35. The largest absolute Gasteiger partial charge is 0.480 e. The molecule has 7 heteroatoms. The van der Waals surface area contributed by atoms with Crippen molar-refractivity contribution >= 4 is 18.0 Å². The van der Waals surface area contributed by atoms with Gasteiger partial charge in [0.1, 0.15) is 12.6 Å². The van der Waals surface area contributed by atoms with Gasteiger partial charge in [-0.25, -0.2) is 9.59 Å². The highest BCUT2D eigenvalue weighted by Gasteiger charge is 2.49. The molecule has 1 saturated carbocycles. The van der Waals surface area contributed by atoms with Crippen LogP contribution in [0.1, 0.15) is 56.1 Å². The van der Waals surface area contributed by atoms with Crippen LogP contribution in [0.5, 0.6) is 0 Å². The minimum Gasteiger partial charge on any atom is -0.480 e. The Morgan fingerprint density at radius 1 is 1.03 bits per heavy atom. The number of hydrogen-bond acceptors (Lipinski definition) is 4. The first kappa shape index (κ1) is 23.4. The fraction of sp³-hybridized carbons (Fsp3) is 0.464. The third-order valence-corrected chi connectivity index (χ3v) is 8.14. The van der Waals surface area contributed by atoms with Gasteiger partial charge < -0.3 is 20.1 Å². The van der Waals surface area contributed by atoms with Crippen LogP contribution in [-0.2, 0) is 14.3 Å². The average molecular weight is 477 g/mol. The van der Waals surface area contributed by atoms with Gasteiger partial charge in [0.2, 0.25) is 5.91 Å². The summed E-state index contributed by atoms with van der Waals surface area (Å²) >= 11 is 0. The average Bonchev–Trinajstić information content (AvgIpc) is 3.57. The minimum atomic E-state index is -0.957. The maximum absolute atomic E-state index is 13.6. The zero-order valence-electron chi connectivity index (χ0n) is 20.0. The van der Waals surface area contributed by atoms with E-state index < -0.39 is 23.5 Å². The summed E-state index contributed by atoms with van der Waals surface area (Å²) < 4.78 is 5.66. The lowest BCUT2D eigenvalue weighted by Gasteiger charge is -2.34. The Morgan fingerprint density at radius 3 is 2.23 bits per heavy atom. The summed E-state index contributed by atoms with van der Waals surface area (Å²) in [6.07, 6.45) is 3.20. The van der Waals surface area contributed by atoms with Crippen LogP contribution < -0.4 is 5.32 Å². The highest BCUT2D eigenvalue weighted by Crippen LogP contribution is 2.45. The minimum absolute atomic E-state index is 0.0300. The molecule has 35 heavy (non-hydrogen) atoms. The zero-order chi connectivity index (χ0) is 24.6. The molecule has 0 aromatic heterocycles. The topological polar surface area (TPSA) is 95.9 Å². The SMILES string of the molecule is CC1CCN(C(=O)C2(CNC(=O)OCC3c4ccccc4-c4ccccc43)CCCC2)C1C(=O)O. The van der Waals surface area contributed by atoms with Crippen LogP contribution in [0.3, 0.4) is 0 Å². The van der Waals surface area contributed by atoms with Crippen LogP contribution in [0.2, 0.25) is 0 Å². The van der Waals surface area contributed by atoms with Crippen LogP contribution >= 0.6 is 0 Å². The summed E-state index contributed by atoms with van der Waals surface area (Å²) in [5.41, 5.74) is 3.86. The lowest BCUT2D eigenvalue weighted by molar-refractivity contribution is -0.154. The lowest BCUT2D eigenvalue weighted by atomic mass is 9.84. The maximum atomic E-state index is 13.6. The predicted molar refractivity (Wildman–Crippen MR) is 131 cm³/mol. The number of nitrogens with one attached hydrogen (secondary N) is 1. The molecule has 2 N–H and O–H groups in total. The molecule has 2 amide bonds. The number of amides is 2. The predicted octanol–water partition coefficient (Wildman–Crippen LogP) is 4.41. The summed E-state index contributed by atoms with van der Waals surface area (Å²) in [6, 6.07) is 15.6. The molecule has 1 heterocycles. The van der Waals surface area contributed by atoms with Crippen LogP contribution in [0.15, 0.2) is 48.5 Å². The number of rotatable bonds is 6. The number of carbonyl (C=O) groups excluding carboxylic acids is 2. The van der Waals surface area contributed by atoms with Crippen molar-refractivity contribution in [2.45, 2.75) is 51.0 Å². The number of likely N-dealkylation sites (tertiary alicyclic amines) is 1. The Balaban J connectivity index is 1.24. The number of carboxylic acids is 1. The van der Waals surface area contributed by atoms with E-state index in [0.717, 1.165) is 24.0 Å². The third-order valence-electron chi connectivity index (χ3n) is 8.14. The fourth-order valence-electron chi connectivity index (χ4n) is 6.26. The zero-order valence-corrected chi connectivity index (χ0v) is 20.0. The Labute approximate surface area is 205 Å². The normalized spacial score (nSPS) is 22.5. The molecular weight excluding hydrogens is 444 g/mol. The molecular formula is C28H32N2O5. The van der Waals surface area contributed by atoms with Gasteiger partial charge in [-0.15, -0.1) is 0 Å². The number of carboxylic acid groups (broad SMARTS) is 1. The van der Waals surface area contributed by atoms with Crippen LogP contribution in [0.25, 0.3) is 11.1 Å². The molecule has 3 aliphatic rings.